The fraction of sp³-hybridized carbons (Fsp3) is 0.621. The van der Waals surface area contributed by atoms with E-state index < -0.39 is 59.6 Å². The Labute approximate surface area is 235 Å². The van der Waals surface area contributed by atoms with Gasteiger partial charge in [0.05, 0.1) is 6.61 Å². The van der Waals surface area contributed by atoms with Gasteiger partial charge >= 0.3 is 18.0 Å². The molecule has 1 aromatic rings. The number of carbonyl (C=O) groups is 5. The number of aliphatic carboxylic acids is 1. The molecule has 2 fully saturated rings. The van der Waals surface area contributed by atoms with Crippen molar-refractivity contribution in [1.82, 2.24) is 15.1 Å². The zero-order chi connectivity index (χ0) is 29.6. The number of carboxylic acids is 1. The third kappa shape index (κ3) is 8.19. The molecule has 0 bridgehead atoms. The minimum atomic E-state index is -1.34. The quantitative estimate of drug-likeness (QED) is 0.239. The maximum Gasteiger partial charge on any atom is 0.408 e. The van der Waals surface area contributed by atoms with Gasteiger partial charge < -0.3 is 29.7 Å². The molecule has 2 saturated heterocycles. The Hall–Kier alpha value is -3.63. The van der Waals surface area contributed by atoms with Crippen LogP contribution in [-0.2, 0) is 35.1 Å². The average Bonchev–Trinajstić information content (AvgIpc) is 3.44. The Morgan fingerprint density at radius 3 is 2.35 bits per heavy atom. The molecule has 3 amide bonds. The number of nitrogens with zero attached hydrogens (tertiary/aromatic N) is 2. The highest BCUT2D eigenvalue weighted by atomic mass is 16.6. The highest BCUT2D eigenvalue weighted by Crippen LogP contribution is 2.34. The van der Waals surface area contributed by atoms with Crippen LogP contribution in [0.5, 0.6) is 0 Å². The van der Waals surface area contributed by atoms with Crippen LogP contribution in [0.25, 0.3) is 0 Å². The minimum Gasteiger partial charge on any atom is -0.480 e. The van der Waals surface area contributed by atoms with Crippen molar-refractivity contribution in [2.45, 2.75) is 96.5 Å². The summed E-state index contributed by atoms with van der Waals surface area (Å²) in [6.07, 6.45) is 1.70. The molecule has 40 heavy (non-hydrogen) atoms. The second-order valence-corrected chi connectivity index (χ2v) is 11.7. The van der Waals surface area contributed by atoms with Gasteiger partial charge in [0.1, 0.15) is 17.7 Å². The lowest BCUT2D eigenvalue weighted by atomic mass is 10.0. The van der Waals surface area contributed by atoms with Crippen LogP contribution in [0, 0.1) is 5.92 Å². The predicted molar refractivity (Wildman–Crippen MR) is 145 cm³/mol. The maximum absolute atomic E-state index is 13.5. The fourth-order valence-corrected chi connectivity index (χ4v) is 4.98. The summed E-state index contributed by atoms with van der Waals surface area (Å²) in [5.74, 6) is -3.06. The van der Waals surface area contributed by atoms with Crippen LogP contribution in [0.15, 0.2) is 30.3 Å². The number of alkyl carbamates (subject to hydrolysis) is 1. The molecule has 2 aliphatic heterocycles. The summed E-state index contributed by atoms with van der Waals surface area (Å²) < 4.78 is 10.6. The van der Waals surface area contributed by atoms with Gasteiger partial charge in [-0.05, 0) is 64.4 Å². The molecule has 3 rings (SSSR count). The van der Waals surface area contributed by atoms with Crippen molar-refractivity contribution >= 4 is 29.8 Å². The number of likely N-dealkylation sites (tertiary alicyclic amines) is 1. The van der Waals surface area contributed by atoms with Crippen LogP contribution in [0.4, 0.5) is 4.79 Å². The maximum atomic E-state index is 13.5. The number of nitrogens with one attached hydrogen (secondary N) is 1. The molecular formula is C29H41N3O8. The summed E-state index contributed by atoms with van der Waals surface area (Å²) in [6.45, 7) is 9.35. The summed E-state index contributed by atoms with van der Waals surface area (Å²) in [6, 6.07) is 5.27. The SMILES string of the molecule is CC(C)C[C@H](NC(=O)OC(C)(C)C)C(=O)N1CCC[C@@H]1C(=O)N1C(C(=O)O)C1C(=O)OCCCc1ccccc1. The van der Waals surface area contributed by atoms with Crippen molar-refractivity contribution in [3.8, 4) is 0 Å². The first-order valence-corrected chi connectivity index (χ1v) is 13.9. The van der Waals surface area contributed by atoms with Crippen LogP contribution < -0.4 is 5.32 Å². The number of aryl methyl sites for hydroxylation is 1. The Morgan fingerprint density at radius 1 is 1.07 bits per heavy atom. The highest BCUT2D eigenvalue weighted by Gasteiger charge is 2.63. The smallest absolute Gasteiger partial charge is 0.408 e. The van der Waals surface area contributed by atoms with Crippen molar-refractivity contribution < 1.29 is 38.6 Å². The van der Waals surface area contributed by atoms with E-state index in [2.05, 4.69) is 5.32 Å². The van der Waals surface area contributed by atoms with Crippen molar-refractivity contribution in [3.05, 3.63) is 35.9 Å². The second-order valence-electron chi connectivity index (χ2n) is 11.7. The molecule has 2 heterocycles. The van der Waals surface area contributed by atoms with Crippen molar-refractivity contribution in [1.29, 1.82) is 0 Å². The molecule has 0 radical (unpaired) electrons. The normalized spacial score (nSPS) is 21.1. The third-order valence-electron chi connectivity index (χ3n) is 6.77. The molecule has 2 N–H and O–H groups in total. The van der Waals surface area contributed by atoms with E-state index in [-0.39, 0.29) is 19.1 Å². The summed E-state index contributed by atoms with van der Waals surface area (Å²) in [5.41, 5.74) is 0.339. The van der Waals surface area contributed by atoms with Crippen LogP contribution in [0.1, 0.15) is 65.9 Å². The average molecular weight is 560 g/mol. The van der Waals surface area contributed by atoms with Crippen LogP contribution in [0.2, 0.25) is 0 Å². The molecule has 0 saturated carbocycles. The van der Waals surface area contributed by atoms with Crippen molar-refractivity contribution in [2.24, 2.45) is 5.92 Å². The summed E-state index contributed by atoms with van der Waals surface area (Å²) in [5, 5.41) is 12.3. The lowest BCUT2D eigenvalue weighted by molar-refractivity contribution is -0.147. The van der Waals surface area contributed by atoms with E-state index in [0.717, 1.165) is 10.5 Å². The van der Waals surface area contributed by atoms with Crippen LogP contribution in [-0.4, -0.2) is 87.7 Å². The molecular weight excluding hydrogens is 518 g/mol. The standard InChI is InChI=1S/C29H41N3O8/c1-18(2)17-20(30-28(38)40-29(3,4)5)24(33)31-15-9-14-21(31)25(34)32-22(26(35)36)23(32)27(37)39-16-10-13-19-11-7-6-8-12-19/h6-8,11-12,18,20-23H,9-10,13-17H2,1-5H3,(H,30,38)(H,35,36)/t20-,21+,22?,23?,32?/m0/s1. The number of amides is 3. The number of ether oxygens (including phenoxy) is 2. The molecule has 4 atom stereocenters. The van der Waals surface area contributed by atoms with Gasteiger partial charge in [-0.15, -0.1) is 0 Å². The van der Waals surface area contributed by atoms with Crippen LogP contribution in [0.3, 0.4) is 0 Å². The van der Waals surface area contributed by atoms with E-state index in [1.54, 1.807) is 20.8 Å². The predicted octanol–water partition coefficient (Wildman–Crippen LogP) is 2.76. The van der Waals surface area contributed by atoms with Gasteiger partial charge in [-0.1, -0.05) is 44.2 Å². The molecule has 11 nitrogen and oxygen atoms in total. The first-order valence-electron chi connectivity index (χ1n) is 13.9. The summed E-state index contributed by atoms with van der Waals surface area (Å²) in [4.78, 5) is 66.4. The van der Waals surface area contributed by atoms with E-state index in [1.807, 2.05) is 44.2 Å². The Bertz CT molecular complexity index is 1080. The van der Waals surface area contributed by atoms with E-state index in [4.69, 9.17) is 9.47 Å². The number of benzene rings is 1. The van der Waals surface area contributed by atoms with Gasteiger partial charge in [-0.25, -0.2) is 14.4 Å². The molecule has 11 heteroatoms. The van der Waals surface area contributed by atoms with Gasteiger partial charge in [0.25, 0.3) is 0 Å². The van der Waals surface area contributed by atoms with Gasteiger partial charge in [0, 0.05) is 6.54 Å². The fourth-order valence-electron chi connectivity index (χ4n) is 4.98. The lowest BCUT2D eigenvalue weighted by Gasteiger charge is -2.30. The molecule has 0 aromatic heterocycles. The Morgan fingerprint density at radius 2 is 1.75 bits per heavy atom. The Kier molecular flexibility index (Phi) is 10.2. The van der Waals surface area contributed by atoms with Crippen molar-refractivity contribution in [2.75, 3.05) is 13.2 Å². The third-order valence-corrected chi connectivity index (χ3v) is 6.77. The van der Waals surface area contributed by atoms with Gasteiger partial charge in [-0.3, -0.25) is 9.59 Å². The number of carboxylic acid groups (broad SMARTS) is 1. The van der Waals surface area contributed by atoms with E-state index in [1.165, 1.54) is 4.90 Å². The second kappa shape index (κ2) is 13.1. The number of esters is 1. The summed E-state index contributed by atoms with van der Waals surface area (Å²) in [7, 11) is 0. The van der Waals surface area contributed by atoms with E-state index >= 15 is 0 Å². The molecule has 1 aromatic carbocycles. The topological polar surface area (TPSA) is 142 Å². The number of hydrogen-bond donors (Lipinski definition) is 2. The van der Waals surface area contributed by atoms with Crippen molar-refractivity contribution in [3.63, 3.8) is 0 Å². The first-order chi connectivity index (χ1) is 18.8. The van der Waals surface area contributed by atoms with Gasteiger partial charge in [-0.2, -0.15) is 0 Å². The first kappa shape index (κ1) is 30.9. The minimum absolute atomic E-state index is 0.0604. The number of rotatable bonds is 11. The molecule has 220 valence electrons. The number of carbonyl (C=O) groups excluding carboxylic acids is 4. The van der Waals surface area contributed by atoms with Crippen LogP contribution >= 0.6 is 0 Å². The Balaban J connectivity index is 1.64. The highest BCUT2D eigenvalue weighted by molar-refractivity contribution is 6.03. The summed E-state index contributed by atoms with van der Waals surface area (Å²) >= 11 is 0. The largest absolute Gasteiger partial charge is 0.480 e. The molecule has 0 spiro atoms. The molecule has 2 unspecified atom stereocenters. The van der Waals surface area contributed by atoms with Gasteiger partial charge in [0.15, 0.2) is 12.1 Å². The van der Waals surface area contributed by atoms with Gasteiger partial charge in [0.2, 0.25) is 11.8 Å². The molecule has 0 aliphatic carbocycles. The number of hydrogen-bond acceptors (Lipinski definition) is 7. The monoisotopic (exact) mass is 559 g/mol. The molecule has 2 aliphatic rings. The van der Waals surface area contributed by atoms with E-state index in [0.29, 0.717) is 32.1 Å². The van der Waals surface area contributed by atoms with E-state index in [9.17, 15) is 29.1 Å². The zero-order valence-corrected chi connectivity index (χ0v) is 23.9. The zero-order valence-electron chi connectivity index (χ0n) is 23.9. The lowest BCUT2D eigenvalue weighted by Crippen LogP contribution is -2.53.